The van der Waals surface area contributed by atoms with Gasteiger partial charge in [0, 0.05) is 19.0 Å². The summed E-state index contributed by atoms with van der Waals surface area (Å²) in [4.78, 5) is 0. The normalized spacial score (nSPS) is 27.8. The van der Waals surface area contributed by atoms with Crippen molar-refractivity contribution >= 4 is 0 Å². The second-order valence-corrected chi connectivity index (χ2v) is 3.38. The van der Waals surface area contributed by atoms with Gasteiger partial charge in [0.1, 0.15) is 5.82 Å². The number of β-amino-alcohol motifs (C(OH)–C–C–N with tert-alkyl or cyclic N) is 1. The molecular formula is C10H12FNO. The Labute approximate surface area is 76.4 Å². The van der Waals surface area contributed by atoms with Gasteiger partial charge in [-0.1, -0.05) is 12.1 Å². The first-order chi connectivity index (χ1) is 6.27. The fraction of sp³-hybridized carbons (Fsp3) is 0.400. The molecule has 1 saturated heterocycles. The van der Waals surface area contributed by atoms with Gasteiger partial charge in [0.15, 0.2) is 0 Å². The fourth-order valence-electron chi connectivity index (χ4n) is 1.71. The maximum Gasteiger partial charge on any atom is 0.123 e. The molecule has 0 radical (unpaired) electrons. The lowest BCUT2D eigenvalue weighted by atomic mass is 9.96. The number of aliphatic hydroxyl groups excluding tert-OH is 1. The molecule has 3 heteroatoms. The van der Waals surface area contributed by atoms with Gasteiger partial charge in [-0.2, -0.15) is 0 Å². The molecule has 1 aromatic rings. The predicted molar refractivity (Wildman–Crippen MR) is 48.0 cm³/mol. The van der Waals surface area contributed by atoms with E-state index in [0.717, 1.165) is 12.1 Å². The van der Waals surface area contributed by atoms with Crippen molar-refractivity contribution in [1.82, 2.24) is 5.32 Å². The lowest BCUT2D eigenvalue weighted by Crippen LogP contribution is -2.15. The number of benzene rings is 1. The third-order valence-electron chi connectivity index (χ3n) is 2.48. The Morgan fingerprint density at radius 1 is 1.23 bits per heavy atom. The zero-order chi connectivity index (χ0) is 9.26. The van der Waals surface area contributed by atoms with Crippen LogP contribution < -0.4 is 5.32 Å². The summed E-state index contributed by atoms with van der Waals surface area (Å²) in [7, 11) is 0. The quantitative estimate of drug-likeness (QED) is 0.674. The summed E-state index contributed by atoms with van der Waals surface area (Å²) in [6.45, 7) is 1.40. The van der Waals surface area contributed by atoms with Crippen LogP contribution in [0.2, 0.25) is 0 Å². The van der Waals surface area contributed by atoms with Crippen LogP contribution in [0.1, 0.15) is 11.5 Å². The minimum atomic E-state index is -0.342. The summed E-state index contributed by atoms with van der Waals surface area (Å²) in [5, 5.41) is 12.6. The molecule has 2 atom stereocenters. The van der Waals surface area contributed by atoms with Gasteiger partial charge in [-0.3, -0.25) is 0 Å². The highest BCUT2D eigenvalue weighted by molar-refractivity contribution is 5.23. The van der Waals surface area contributed by atoms with Crippen LogP contribution in [0.25, 0.3) is 0 Å². The maximum absolute atomic E-state index is 12.6. The third kappa shape index (κ3) is 1.71. The first-order valence-corrected chi connectivity index (χ1v) is 4.41. The van der Waals surface area contributed by atoms with E-state index >= 15 is 0 Å². The Morgan fingerprint density at radius 3 is 2.46 bits per heavy atom. The van der Waals surface area contributed by atoms with Crippen molar-refractivity contribution in [3.63, 3.8) is 0 Å². The lowest BCUT2D eigenvalue weighted by Gasteiger charge is -2.12. The zero-order valence-corrected chi connectivity index (χ0v) is 7.20. The van der Waals surface area contributed by atoms with E-state index in [0.29, 0.717) is 6.54 Å². The van der Waals surface area contributed by atoms with Crippen molar-refractivity contribution in [2.45, 2.75) is 12.0 Å². The molecular weight excluding hydrogens is 169 g/mol. The van der Waals surface area contributed by atoms with Gasteiger partial charge in [-0.05, 0) is 17.7 Å². The van der Waals surface area contributed by atoms with Crippen LogP contribution in [0.4, 0.5) is 4.39 Å². The van der Waals surface area contributed by atoms with Crippen LogP contribution in [0.15, 0.2) is 24.3 Å². The van der Waals surface area contributed by atoms with Crippen LogP contribution in [-0.2, 0) is 0 Å². The Bertz CT molecular complexity index is 285. The monoisotopic (exact) mass is 181 g/mol. The molecule has 0 amide bonds. The molecule has 0 saturated carbocycles. The van der Waals surface area contributed by atoms with E-state index in [9.17, 15) is 9.50 Å². The summed E-state index contributed by atoms with van der Waals surface area (Å²) in [5.74, 6) is -0.121. The minimum absolute atomic E-state index is 0.112. The molecule has 13 heavy (non-hydrogen) atoms. The molecule has 1 aliphatic rings. The molecule has 0 bridgehead atoms. The Morgan fingerprint density at radius 2 is 1.92 bits per heavy atom. The smallest absolute Gasteiger partial charge is 0.123 e. The van der Waals surface area contributed by atoms with Gasteiger partial charge in [0.05, 0.1) is 6.10 Å². The summed E-state index contributed by atoms with van der Waals surface area (Å²) in [6, 6.07) is 6.33. The second-order valence-electron chi connectivity index (χ2n) is 3.38. The van der Waals surface area contributed by atoms with E-state index in [-0.39, 0.29) is 17.8 Å². The van der Waals surface area contributed by atoms with Gasteiger partial charge >= 0.3 is 0 Å². The topological polar surface area (TPSA) is 32.3 Å². The number of hydrogen-bond donors (Lipinski definition) is 2. The van der Waals surface area contributed by atoms with E-state index in [4.69, 9.17) is 0 Å². The Kier molecular flexibility index (Phi) is 2.29. The lowest BCUT2D eigenvalue weighted by molar-refractivity contribution is 0.177. The molecule has 2 rings (SSSR count). The number of halogens is 1. The second kappa shape index (κ2) is 3.44. The molecule has 70 valence electrons. The van der Waals surface area contributed by atoms with Crippen molar-refractivity contribution < 1.29 is 9.50 Å². The van der Waals surface area contributed by atoms with Gasteiger partial charge in [0.25, 0.3) is 0 Å². The highest BCUT2D eigenvalue weighted by atomic mass is 19.1. The largest absolute Gasteiger partial charge is 0.391 e. The molecule has 1 aliphatic heterocycles. The number of rotatable bonds is 1. The summed E-state index contributed by atoms with van der Waals surface area (Å²) in [5.41, 5.74) is 0.999. The number of aliphatic hydroxyl groups is 1. The SMILES string of the molecule is O[C@@H]1CNCC1c1ccc(F)cc1. The first kappa shape index (κ1) is 8.66. The van der Waals surface area contributed by atoms with Crippen LogP contribution in [0.3, 0.4) is 0 Å². The van der Waals surface area contributed by atoms with Gasteiger partial charge < -0.3 is 10.4 Å². The van der Waals surface area contributed by atoms with Crippen molar-refractivity contribution in [2.24, 2.45) is 0 Å². The average Bonchev–Trinajstić information content (AvgIpc) is 2.53. The number of hydrogen-bond acceptors (Lipinski definition) is 2. The van der Waals surface area contributed by atoms with Crippen LogP contribution in [0.5, 0.6) is 0 Å². The summed E-state index contributed by atoms with van der Waals surface area (Å²) in [6.07, 6.45) is -0.342. The molecule has 1 unspecified atom stereocenters. The maximum atomic E-state index is 12.6. The van der Waals surface area contributed by atoms with Crippen LogP contribution in [0, 0.1) is 5.82 Å². The van der Waals surface area contributed by atoms with E-state index in [2.05, 4.69) is 5.32 Å². The fourth-order valence-corrected chi connectivity index (χ4v) is 1.71. The van der Waals surface area contributed by atoms with Crippen molar-refractivity contribution in [2.75, 3.05) is 13.1 Å². The van der Waals surface area contributed by atoms with E-state index in [1.165, 1.54) is 12.1 Å². The van der Waals surface area contributed by atoms with Gasteiger partial charge in [-0.25, -0.2) is 4.39 Å². The molecule has 1 aromatic carbocycles. The molecule has 2 nitrogen and oxygen atoms in total. The van der Waals surface area contributed by atoms with Crippen molar-refractivity contribution in [1.29, 1.82) is 0 Å². The highest BCUT2D eigenvalue weighted by Crippen LogP contribution is 2.22. The van der Waals surface area contributed by atoms with Gasteiger partial charge in [-0.15, -0.1) is 0 Å². The molecule has 2 N–H and O–H groups in total. The van der Waals surface area contributed by atoms with E-state index < -0.39 is 0 Å². The van der Waals surface area contributed by atoms with Crippen molar-refractivity contribution in [3.05, 3.63) is 35.6 Å². The summed E-state index contributed by atoms with van der Waals surface area (Å²) >= 11 is 0. The highest BCUT2D eigenvalue weighted by Gasteiger charge is 2.25. The van der Waals surface area contributed by atoms with Gasteiger partial charge in [0.2, 0.25) is 0 Å². The Hall–Kier alpha value is -0.930. The molecule has 0 spiro atoms. The first-order valence-electron chi connectivity index (χ1n) is 4.41. The predicted octanol–water partition coefficient (Wildman–Crippen LogP) is 0.873. The number of nitrogens with one attached hydrogen (secondary N) is 1. The Balaban J connectivity index is 2.20. The van der Waals surface area contributed by atoms with Crippen LogP contribution >= 0.6 is 0 Å². The molecule has 1 fully saturated rings. The summed E-state index contributed by atoms with van der Waals surface area (Å²) < 4.78 is 12.6. The van der Waals surface area contributed by atoms with E-state index in [1.807, 2.05) is 0 Å². The molecule has 1 heterocycles. The average molecular weight is 181 g/mol. The zero-order valence-electron chi connectivity index (χ0n) is 7.20. The van der Waals surface area contributed by atoms with Crippen molar-refractivity contribution in [3.8, 4) is 0 Å². The van der Waals surface area contributed by atoms with Crippen LogP contribution in [-0.4, -0.2) is 24.3 Å². The third-order valence-corrected chi connectivity index (χ3v) is 2.48. The standard InChI is InChI=1S/C10H12FNO/c11-8-3-1-7(2-4-8)9-5-12-6-10(9)13/h1-4,9-10,12-13H,5-6H2/t9?,10-/m1/s1. The minimum Gasteiger partial charge on any atom is -0.391 e. The molecule has 0 aromatic heterocycles. The van der Waals surface area contributed by atoms with E-state index in [1.54, 1.807) is 12.1 Å². The molecule has 0 aliphatic carbocycles.